The van der Waals surface area contributed by atoms with Gasteiger partial charge in [-0.3, -0.25) is 4.68 Å². The number of amides is 2. The maximum atomic E-state index is 12.3. The van der Waals surface area contributed by atoms with Crippen molar-refractivity contribution in [2.75, 3.05) is 5.32 Å². The van der Waals surface area contributed by atoms with Crippen LogP contribution in [0.15, 0.2) is 24.4 Å². The molecule has 126 valence electrons. The lowest BCUT2D eigenvalue weighted by atomic mass is 10.2. The van der Waals surface area contributed by atoms with Gasteiger partial charge in [-0.15, -0.1) is 11.3 Å². The summed E-state index contributed by atoms with van der Waals surface area (Å²) < 4.78 is 1.79. The molecule has 0 unspecified atom stereocenters. The zero-order chi connectivity index (χ0) is 17.3. The number of fused-ring (bicyclic) bond motifs is 1. The van der Waals surface area contributed by atoms with Crippen molar-refractivity contribution in [3.63, 3.8) is 0 Å². The molecule has 1 atom stereocenters. The maximum absolute atomic E-state index is 12.3. The molecule has 0 aliphatic rings. The zero-order valence-corrected chi connectivity index (χ0v) is 15.1. The number of benzene rings is 1. The van der Waals surface area contributed by atoms with E-state index in [1.54, 1.807) is 22.2 Å². The molecule has 0 fully saturated rings. The summed E-state index contributed by atoms with van der Waals surface area (Å²) in [6, 6.07) is 5.43. The van der Waals surface area contributed by atoms with Crippen LogP contribution in [0.3, 0.4) is 0 Å². The SMILES string of the molecule is CC[C@H](NC(=O)Nc1ccc2cnn(C)c2c1)c1nc(C)c(C)s1. The van der Waals surface area contributed by atoms with E-state index in [2.05, 4.69) is 20.7 Å². The first-order valence-electron chi connectivity index (χ1n) is 7.91. The summed E-state index contributed by atoms with van der Waals surface area (Å²) in [7, 11) is 1.88. The molecular weight excluding hydrogens is 322 g/mol. The van der Waals surface area contributed by atoms with Gasteiger partial charge in [0.25, 0.3) is 0 Å². The molecule has 0 aliphatic carbocycles. The molecule has 3 aromatic rings. The van der Waals surface area contributed by atoms with E-state index < -0.39 is 0 Å². The number of urea groups is 1. The second kappa shape index (κ2) is 6.60. The highest BCUT2D eigenvalue weighted by Gasteiger charge is 2.17. The van der Waals surface area contributed by atoms with Crippen LogP contribution >= 0.6 is 11.3 Å². The molecule has 0 spiro atoms. The summed E-state index contributed by atoms with van der Waals surface area (Å²) in [4.78, 5) is 18.1. The Bertz CT molecular complexity index is 863. The van der Waals surface area contributed by atoms with Crippen LogP contribution in [0.25, 0.3) is 10.9 Å². The number of thiazole rings is 1. The van der Waals surface area contributed by atoms with Crippen molar-refractivity contribution in [1.29, 1.82) is 0 Å². The number of anilines is 1. The molecule has 24 heavy (non-hydrogen) atoms. The molecule has 3 rings (SSSR count). The van der Waals surface area contributed by atoms with Crippen molar-refractivity contribution in [1.82, 2.24) is 20.1 Å². The van der Waals surface area contributed by atoms with Gasteiger partial charge in [0.05, 0.1) is 23.4 Å². The van der Waals surface area contributed by atoms with Crippen molar-refractivity contribution >= 4 is 34.0 Å². The van der Waals surface area contributed by atoms with Crippen LogP contribution in [0.5, 0.6) is 0 Å². The van der Waals surface area contributed by atoms with Gasteiger partial charge in [-0.25, -0.2) is 9.78 Å². The maximum Gasteiger partial charge on any atom is 0.319 e. The lowest BCUT2D eigenvalue weighted by molar-refractivity contribution is 0.248. The van der Waals surface area contributed by atoms with Gasteiger partial charge < -0.3 is 10.6 Å². The van der Waals surface area contributed by atoms with Crippen LogP contribution in [0.4, 0.5) is 10.5 Å². The average molecular weight is 343 g/mol. The first-order valence-corrected chi connectivity index (χ1v) is 8.72. The number of hydrogen-bond acceptors (Lipinski definition) is 4. The van der Waals surface area contributed by atoms with Crippen molar-refractivity contribution in [3.05, 3.63) is 40.0 Å². The van der Waals surface area contributed by atoms with E-state index in [1.165, 1.54) is 4.88 Å². The number of nitrogens with zero attached hydrogens (tertiary/aromatic N) is 3. The number of aryl methyl sites for hydroxylation is 3. The van der Waals surface area contributed by atoms with Gasteiger partial charge in [0.1, 0.15) is 5.01 Å². The first kappa shape index (κ1) is 16.4. The Hall–Kier alpha value is -2.41. The average Bonchev–Trinajstić information content (AvgIpc) is 3.08. The molecule has 2 N–H and O–H groups in total. The van der Waals surface area contributed by atoms with Gasteiger partial charge in [-0.2, -0.15) is 5.10 Å². The topological polar surface area (TPSA) is 71.8 Å². The predicted octanol–water partition coefficient (Wildman–Crippen LogP) is 3.92. The fraction of sp³-hybridized carbons (Fsp3) is 0.353. The Labute approximate surface area is 144 Å². The second-order valence-electron chi connectivity index (χ2n) is 5.79. The number of carbonyl (C=O) groups excluding carboxylic acids is 1. The van der Waals surface area contributed by atoms with Crippen molar-refractivity contribution < 1.29 is 4.79 Å². The molecule has 1 aromatic carbocycles. The van der Waals surface area contributed by atoms with E-state index in [9.17, 15) is 4.79 Å². The molecule has 2 heterocycles. The van der Waals surface area contributed by atoms with Crippen LogP contribution in [-0.4, -0.2) is 20.8 Å². The standard InChI is InChI=1S/C17H21N5OS/c1-5-14(16-19-10(2)11(3)24-16)21-17(23)20-13-7-6-12-9-18-22(4)15(12)8-13/h6-9,14H,5H2,1-4H3,(H2,20,21,23)/t14-/m0/s1. The molecule has 2 amide bonds. The molecule has 6 nitrogen and oxygen atoms in total. The van der Waals surface area contributed by atoms with Crippen LogP contribution in [0.2, 0.25) is 0 Å². The minimum atomic E-state index is -0.228. The van der Waals surface area contributed by atoms with E-state index in [4.69, 9.17) is 0 Å². The summed E-state index contributed by atoms with van der Waals surface area (Å²) in [6.07, 6.45) is 2.60. The third-order valence-electron chi connectivity index (χ3n) is 4.06. The van der Waals surface area contributed by atoms with Crippen molar-refractivity contribution in [3.8, 4) is 0 Å². The second-order valence-corrected chi connectivity index (χ2v) is 7.03. The van der Waals surface area contributed by atoms with E-state index in [-0.39, 0.29) is 12.1 Å². The van der Waals surface area contributed by atoms with Crippen LogP contribution < -0.4 is 10.6 Å². The van der Waals surface area contributed by atoms with Gasteiger partial charge in [0, 0.05) is 23.0 Å². The lowest BCUT2D eigenvalue weighted by Crippen LogP contribution is -2.32. The first-order chi connectivity index (χ1) is 11.5. The monoisotopic (exact) mass is 343 g/mol. The van der Waals surface area contributed by atoms with E-state index in [0.717, 1.165) is 33.7 Å². The third-order valence-corrected chi connectivity index (χ3v) is 5.25. The fourth-order valence-electron chi connectivity index (χ4n) is 2.53. The Balaban J connectivity index is 1.72. The molecule has 7 heteroatoms. The minimum absolute atomic E-state index is 0.0807. The number of carbonyl (C=O) groups is 1. The van der Waals surface area contributed by atoms with E-state index >= 15 is 0 Å². The summed E-state index contributed by atoms with van der Waals surface area (Å²) in [5.41, 5.74) is 2.74. The van der Waals surface area contributed by atoms with Crippen molar-refractivity contribution in [2.24, 2.45) is 7.05 Å². The number of hydrogen-bond donors (Lipinski definition) is 2. The molecule has 0 bridgehead atoms. The van der Waals surface area contributed by atoms with Gasteiger partial charge in [0.2, 0.25) is 0 Å². The number of rotatable bonds is 4. The Kier molecular flexibility index (Phi) is 4.53. The summed E-state index contributed by atoms with van der Waals surface area (Å²) in [6.45, 7) is 6.08. The fourth-order valence-corrected chi connectivity index (χ4v) is 3.59. The highest BCUT2D eigenvalue weighted by Crippen LogP contribution is 2.25. The Morgan fingerprint density at radius 3 is 2.83 bits per heavy atom. The minimum Gasteiger partial charge on any atom is -0.329 e. The highest BCUT2D eigenvalue weighted by molar-refractivity contribution is 7.11. The largest absolute Gasteiger partial charge is 0.329 e. The number of nitrogens with one attached hydrogen (secondary N) is 2. The van der Waals surface area contributed by atoms with Crippen molar-refractivity contribution in [2.45, 2.75) is 33.2 Å². The highest BCUT2D eigenvalue weighted by atomic mass is 32.1. The molecule has 0 saturated heterocycles. The van der Waals surface area contributed by atoms with Gasteiger partial charge >= 0.3 is 6.03 Å². The molecule has 2 aromatic heterocycles. The third kappa shape index (κ3) is 3.26. The normalized spacial score (nSPS) is 12.3. The quantitative estimate of drug-likeness (QED) is 0.754. The number of aromatic nitrogens is 3. The van der Waals surface area contributed by atoms with E-state index in [1.807, 2.05) is 46.0 Å². The molecular formula is C17H21N5OS. The summed E-state index contributed by atoms with van der Waals surface area (Å²) in [5, 5.41) is 12.1. The summed E-state index contributed by atoms with van der Waals surface area (Å²) >= 11 is 1.64. The van der Waals surface area contributed by atoms with Crippen LogP contribution in [-0.2, 0) is 7.05 Å². The molecule has 0 saturated carbocycles. The Morgan fingerprint density at radius 2 is 2.17 bits per heavy atom. The molecule has 0 radical (unpaired) electrons. The smallest absolute Gasteiger partial charge is 0.319 e. The van der Waals surface area contributed by atoms with E-state index in [0.29, 0.717) is 0 Å². The molecule has 0 aliphatic heterocycles. The Morgan fingerprint density at radius 1 is 1.38 bits per heavy atom. The lowest BCUT2D eigenvalue weighted by Gasteiger charge is -2.15. The zero-order valence-electron chi connectivity index (χ0n) is 14.3. The van der Waals surface area contributed by atoms with Gasteiger partial charge in [-0.1, -0.05) is 6.92 Å². The van der Waals surface area contributed by atoms with Gasteiger partial charge in [0.15, 0.2) is 0 Å². The summed E-state index contributed by atoms with van der Waals surface area (Å²) in [5.74, 6) is 0. The van der Waals surface area contributed by atoms with Crippen LogP contribution in [0, 0.1) is 13.8 Å². The predicted molar refractivity (Wildman–Crippen MR) is 97.5 cm³/mol. The van der Waals surface area contributed by atoms with Gasteiger partial charge in [-0.05, 0) is 38.5 Å². The van der Waals surface area contributed by atoms with Crippen LogP contribution in [0.1, 0.15) is 35.0 Å².